The lowest BCUT2D eigenvalue weighted by Crippen LogP contribution is -2.54. The molecule has 0 spiro atoms. The number of hydrogen-bond acceptors (Lipinski definition) is 4. The van der Waals surface area contributed by atoms with Crippen LogP contribution in [0.3, 0.4) is 0 Å². The summed E-state index contributed by atoms with van der Waals surface area (Å²) < 4.78 is 24.2. The monoisotopic (exact) mass is 511 g/mol. The zero-order valence-corrected chi connectivity index (χ0v) is 18.8. The van der Waals surface area contributed by atoms with E-state index < -0.39 is 35.2 Å². The van der Waals surface area contributed by atoms with Gasteiger partial charge in [-0.05, 0) is 54.2 Å². The molecule has 4 N–H and O–H groups in total. The molecule has 0 aromatic heterocycles. The predicted octanol–water partition coefficient (Wildman–Crippen LogP) is 3.32. The standard InChI is InChI=1S/C20H22BrN3O6S/c21-16-5-1-13(2-6-16)14-3-7-17(8-4-14)24(31(29)30)18(19(25)22-28)15-9-11-23(12-10-15)20(26)27/h1-8,15,18,28H,9-12H2,(H,22,25)(H,26,27)(H,29,30). The second kappa shape index (κ2) is 10.2. The van der Waals surface area contributed by atoms with E-state index in [2.05, 4.69) is 15.9 Å². The molecule has 2 unspecified atom stereocenters. The molecule has 0 aliphatic carbocycles. The lowest BCUT2D eigenvalue weighted by molar-refractivity contribution is -0.131. The van der Waals surface area contributed by atoms with E-state index in [9.17, 15) is 23.6 Å². The first-order valence-electron chi connectivity index (χ1n) is 9.50. The summed E-state index contributed by atoms with van der Waals surface area (Å²) in [6.07, 6.45) is -0.419. The summed E-state index contributed by atoms with van der Waals surface area (Å²) in [5.41, 5.74) is 3.76. The number of piperidine rings is 1. The Morgan fingerprint density at radius 1 is 1.06 bits per heavy atom. The molecule has 166 valence electrons. The SMILES string of the molecule is O=C(NO)C(C1CCN(C(=O)O)CC1)N(c1ccc(-c2ccc(Br)cc2)cc1)S(=O)O. The van der Waals surface area contributed by atoms with Crippen LogP contribution in [-0.4, -0.2) is 55.1 Å². The molecule has 1 aliphatic rings. The first kappa shape index (κ1) is 23.2. The van der Waals surface area contributed by atoms with E-state index in [1.165, 1.54) is 4.90 Å². The minimum atomic E-state index is -2.55. The Morgan fingerprint density at radius 2 is 1.58 bits per heavy atom. The summed E-state index contributed by atoms with van der Waals surface area (Å²) >= 11 is 0.833. The van der Waals surface area contributed by atoms with Crippen molar-refractivity contribution in [1.29, 1.82) is 0 Å². The first-order chi connectivity index (χ1) is 14.8. The Labute approximate surface area is 190 Å². The van der Waals surface area contributed by atoms with Gasteiger partial charge >= 0.3 is 6.09 Å². The third-order valence-electron chi connectivity index (χ3n) is 5.36. The highest BCUT2D eigenvalue weighted by atomic mass is 79.9. The van der Waals surface area contributed by atoms with Crippen molar-refractivity contribution >= 4 is 44.9 Å². The molecule has 3 rings (SSSR count). The van der Waals surface area contributed by atoms with Crippen LogP contribution in [0.4, 0.5) is 10.5 Å². The largest absolute Gasteiger partial charge is 0.465 e. The molecule has 1 heterocycles. The molecule has 1 aliphatic heterocycles. The highest BCUT2D eigenvalue weighted by molar-refractivity contribution is 9.10. The fourth-order valence-electron chi connectivity index (χ4n) is 3.78. The maximum atomic E-state index is 12.5. The molecular weight excluding hydrogens is 490 g/mol. The van der Waals surface area contributed by atoms with Gasteiger partial charge in [0.05, 0.1) is 5.69 Å². The van der Waals surface area contributed by atoms with Crippen LogP contribution in [-0.2, 0) is 16.1 Å². The van der Waals surface area contributed by atoms with Crippen molar-refractivity contribution in [2.45, 2.75) is 18.9 Å². The third-order valence-corrected chi connectivity index (χ3v) is 6.66. The summed E-state index contributed by atoms with van der Waals surface area (Å²) in [5, 5.41) is 18.4. The Balaban J connectivity index is 1.88. The first-order valence-corrected chi connectivity index (χ1v) is 11.4. The van der Waals surface area contributed by atoms with Crippen LogP contribution >= 0.6 is 15.9 Å². The molecule has 2 atom stereocenters. The lowest BCUT2D eigenvalue weighted by Gasteiger charge is -2.38. The van der Waals surface area contributed by atoms with Crippen LogP contribution < -0.4 is 9.79 Å². The predicted molar refractivity (Wildman–Crippen MR) is 119 cm³/mol. The van der Waals surface area contributed by atoms with Crippen LogP contribution in [0, 0.1) is 5.92 Å². The van der Waals surface area contributed by atoms with Gasteiger partial charge in [0.15, 0.2) is 0 Å². The van der Waals surface area contributed by atoms with Crippen molar-refractivity contribution in [2.24, 2.45) is 5.92 Å². The normalized spacial score (nSPS) is 16.4. The van der Waals surface area contributed by atoms with Gasteiger partial charge in [-0.3, -0.25) is 18.9 Å². The van der Waals surface area contributed by atoms with Gasteiger partial charge in [0.1, 0.15) is 6.04 Å². The van der Waals surface area contributed by atoms with Crippen molar-refractivity contribution < 1.29 is 28.7 Å². The van der Waals surface area contributed by atoms with E-state index in [0.717, 1.165) is 19.9 Å². The number of halogens is 1. The minimum Gasteiger partial charge on any atom is -0.465 e. The number of carbonyl (C=O) groups excluding carboxylic acids is 1. The zero-order valence-electron chi connectivity index (χ0n) is 16.3. The highest BCUT2D eigenvalue weighted by Crippen LogP contribution is 2.31. The molecule has 11 heteroatoms. The maximum absolute atomic E-state index is 12.5. The number of amides is 2. The van der Waals surface area contributed by atoms with E-state index in [1.807, 2.05) is 24.3 Å². The van der Waals surface area contributed by atoms with Gasteiger partial charge in [-0.25, -0.2) is 14.5 Å². The number of nitrogens with one attached hydrogen (secondary N) is 1. The summed E-state index contributed by atoms with van der Waals surface area (Å²) in [4.78, 5) is 24.9. The Bertz CT molecular complexity index is 948. The Kier molecular flexibility index (Phi) is 7.65. The van der Waals surface area contributed by atoms with Gasteiger partial charge in [-0.15, -0.1) is 0 Å². The average molecular weight is 512 g/mol. The topological polar surface area (TPSA) is 130 Å². The number of anilines is 1. The summed E-state index contributed by atoms with van der Waals surface area (Å²) in [5.74, 6) is -1.25. The fourth-order valence-corrected chi connectivity index (χ4v) is 4.80. The van der Waals surface area contributed by atoms with Gasteiger partial charge in [-0.2, -0.15) is 0 Å². The number of hydroxylamine groups is 1. The van der Waals surface area contributed by atoms with Crippen LogP contribution in [0.25, 0.3) is 11.1 Å². The smallest absolute Gasteiger partial charge is 0.407 e. The van der Waals surface area contributed by atoms with Crippen LogP contribution in [0.15, 0.2) is 53.0 Å². The van der Waals surface area contributed by atoms with Crippen molar-refractivity contribution in [3.05, 3.63) is 53.0 Å². The number of carbonyl (C=O) groups is 2. The summed E-state index contributed by atoms with van der Waals surface area (Å²) in [7, 11) is 0. The molecule has 1 saturated heterocycles. The molecule has 0 saturated carbocycles. The second-order valence-corrected chi connectivity index (χ2v) is 8.91. The van der Waals surface area contributed by atoms with E-state index >= 15 is 0 Å². The number of nitrogens with zero attached hydrogens (tertiary/aromatic N) is 2. The number of carboxylic acid groups (broad SMARTS) is 1. The second-order valence-electron chi connectivity index (χ2n) is 7.14. The Morgan fingerprint density at radius 3 is 2.03 bits per heavy atom. The van der Waals surface area contributed by atoms with Crippen molar-refractivity contribution in [3.8, 4) is 11.1 Å². The van der Waals surface area contributed by atoms with Crippen LogP contribution in [0.2, 0.25) is 0 Å². The molecule has 31 heavy (non-hydrogen) atoms. The Hall–Kier alpha value is -2.47. The molecule has 0 bridgehead atoms. The maximum Gasteiger partial charge on any atom is 0.407 e. The van der Waals surface area contributed by atoms with Crippen molar-refractivity contribution in [2.75, 3.05) is 17.4 Å². The van der Waals surface area contributed by atoms with Gasteiger partial charge in [0, 0.05) is 17.6 Å². The molecule has 1 fully saturated rings. The minimum absolute atomic E-state index is 0.198. The van der Waals surface area contributed by atoms with Crippen LogP contribution in [0.5, 0.6) is 0 Å². The van der Waals surface area contributed by atoms with E-state index in [-0.39, 0.29) is 13.1 Å². The molecule has 2 aromatic rings. The van der Waals surface area contributed by atoms with Gasteiger partial charge < -0.3 is 10.0 Å². The van der Waals surface area contributed by atoms with Gasteiger partial charge in [-0.1, -0.05) is 40.2 Å². The number of likely N-dealkylation sites (tertiary alicyclic amines) is 1. The van der Waals surface area contributed by atoms with E-state index in [4.69, 9.17) is 5.11 Å². The molecule has 2 aromatic carbocycles. The lowest BCUT2D eigenvalue weighted by atomic mass is 9.88. The fraction of sp³-hybridized carbons (Fsp3) is 0.300. The summed E-state index contributed by atoms with van der Waals surface area (Å²) in [6, 6.07) is 13.3. The average Bonchev–Trinajstić information content (AvgIpc) is 2.77. The molecule has 9 nitrogen and oxygen atoms in total. The van der Waals surface area contributed by atoms with Gasteiger partial charge in [0.2, 0.25) is 0 Å². The highest BCUT2D eigenvalue weighted by Gasteiger charge is 2.39. The van der Waals surface area contributed by atoms with E-state index in [0.29, 0.717) is 18.5 Å². The van der Waals surface area contributed by atoms with Crippen molar-refractivity contribution in [1.82, 2.24) is 10.4 Å². The zero-order chi connectivity index (χ0) is 22.5. The van der Waals surface area contributed by atoms with Crippen LogP contribution in [0.1, 0.15) is 12.8 Å². The van der Waals surface area contributed by atoms with E-state index in [1.54, 1.807) is 29.7 Å². The number of benzene rings is 2. The third kappa shape index (κ3) is 5.42. The quantitative estimate of drug-likeness (QED) is 0.267. The summed E-state index contributed by atoms with van der Waals surface area (Å²) in [6.45, 7) is 0.396. The molecule has 2 amide bonds. The van der Waals surface area contributed by atoms with Gasteiger partial charge in [0.25, 0.3) is 17.2 Å². The molecular formula is C20H22BrN3O6S. The van der Waals surface area contributed by atoms with Crippen molar-refractivity contribution in [3.63, 3.8) is 0 Å². The molecule has 0 radical (unpaired) electrons. The number of hydrogen-bond donors (Lipinski definition) is 4. The number of rotatable bonds is 6.